The highest BCUT2D eigenvalue weighted by Gasteiger charge is 2.15. The minimum Gasteiger partial charge on any atom is -0.504 e. The molecule has 0 unspecified atom stereocenters. The van der Waals surface area contributed by atoms with Gasteiger partial charge in [-0.3, -0.25) is 0 Å². The zero-order valence-electron chi connectivity index (χ0n) is 12.7. The minimum atomic E-state index is -0.504. The summed E-state index contributed by atoms with van der Waals surface area (Å²) in [5, 5.41) is 12.1. The quantitative estimate of drug-likeness (QED) is 0.755. The fourth-order valence-corrected chi connectivity index (χ4v) is 1.43. The average molecular weight is 297 g/mol. The van der Waals surface area contributed by atoms with Gasteiger partial charge in [0, 0.05) is 6.54 Å². The summed E-state index contributed by atoms with van der Waals surface area (Å²) in [4.78, 5) is 11.3. The molecule has 0 heterocycles. The highest BCUT2D eigenvalue weighted by molar-refractivity contribution is 5.67. The fourth-order valence-electron chi connectivity index (χ4n) is 1.43. The SMILES string of the molecule is CC(C)(C)OC(=O)NCCOCCOc1ccccc1O. The maximum absolute atomic E-state index is 11.3. The van der Waals surface area contributed by atoms with E-state index in [1.165, 1.54) is 0 Å². The first kappa shape index (κ1) is 17.1. The van der Waals surface area contributed by atoms with Crippen LogP contribution in [-0.2, 0) is 9.47 Å². The lowest BCUT2D eigenvalue weighted by atomic mass is 10.2. The Morgan fingerprint density at radius 3 is 2.57 bits per heavy atom. The summed E-state index contributed by atoms with van der Waals surface area (Å²) in [7, 11) is 0. The summed E-state index contributed by atoms with van der Waals surface area (Å²) < 4.78 is 15.7. The van der Waals surface area contributed by atoms with Crippen LogP contribution in [0.4, 0.5) is 4.79 Å². The number of hydrogen-bond donors (Lipinski definition) is 2. The van der Waals surface area contributed by atoms with Gasteiger partial charge in [-0.25, -0.2) is 4.79 Å². The number of nitrogens with one attached hydrogen (secondary N) is 1. The number of carbonyl (C=O) groups excluding carboxylic acids is 1. The van der Waals surface area contributed by atoms with Gasteiger partial charge in [0.05, 0.1) is 13.2 Å². The molecule has 0 fully saturated rings. The number of rotatable bonds is 7. The molecule has 0 bridgehead atoms. The maximum Gasteiger partial charge on any atom is 0.407 e. The Kier molecular flexibility index (Phi) is 6.81. The second kappa shape index (κ2) is 8.36. The third kappa shape index (κ3) is 8.04. The van der Waals surface area contributed by atoms with Gasteiger partial charge in [0.2, 0.25) is 0 Å². The Labute approximate surface area is 125 Å². The molecule has 0 spiro atoms. The lowest BCUT2D eigenvalue weighted by Crippen LogP contribution is -2.34. The van der Waals surface area contributed by atoms with Crippen molar-refractivity contribution in [3.8, 4) is 11.5 Å². The van der Waals surface area contributed by atoms with E-state index in [2.05, 4.69) is 5.32 Å². The Morgan fingerprint density at radius 2 is 1.90 bits per heavy atom. The fraction of sp³-hybridized carbons (Fsp3) is 0.533. The van der Waals surface area contributed by atoms with Crippen molar-refractivity contribution in [1.82, 2.24) is 5.32 Å². The third-order valence-electron chi connectivity index (χ3n) is 2.27. The number of phenolic OH excluding ortho intramolecular Hbond substituents is 1. The average Bonchev–Trinajstić information content (AvgIpc) is 2.37. The van der Waals surface area contributed by atoms with Gasteiger partial charge in [-0.1, -0.05) is 12.1 Å². The van der Waals surface area contributed by atoms with Crippen LogP contribution in [0.25, 0.3) is 0 Å². The van der Waals surface area contributed by atoms with Crippen LogP contribution in [0.1, 0.15) is 20.8 Å². The monoisotopic (exact) mass is 297 g/mol. The topological polar surface area (TPSA) is 77.0 Å². The number of aromatic hydroxyl groups is 1. The molecule has 0 aliphatic heterocycles. The minimum absolute atomic E-state index is 0.101. The normalized spacial score (nSPS) is 11.0. The van der Waals surface area contributed by atoms with Crippen LogP contribution < -0.4 is 10.1 Å². The van der Waals surface area contributed by atoms with Crippen LogP contribution in [-0.4, -0.2) is 43.2 Å². The standard InChI is InChI=1S/C15H23NO5/c1-15(2,3)21-14(18)16-8-9-19-10-11-20-13-7-5-4-6-12(13)17/h4-7,17H,8-11H2,1-3H3,(H,16,18). The number of amides is 1. The zero-order chi connectivity index (χ0) is 15.7. The van der Waals surface area contributed by atoms with Crippen molar-refractivity contribution in [2.75, 3.05) is 26.4 Å². The summed E-state index contributed by atoms with van der Waals surface area (Å²) in [6.45, 7) is 6.83. The molecule has 2 N–H and O–H groups in total. The highest BCUT2D eigenvalue weighted by Crippen LogP contribution is 2.23. The van der Waals surface area contributed by atoms with E-state index in [4.69, 9.17) is 14.2 Å². The van der Waals surface area contributed by atoms with Crippen LogP contribution in [0, 0.1) is 0 Å². The van der Waals surface area contributed by atoms with Crippen LogP contribution in [0.3, 0.4) is 0 Å². The second-order valence-corrected chi connectivity index (χ2v) is 5.36. The van der Waals surface area contributed by atoms with Crippen molar-refractivity contribution in [3.63, 3.8) is 0 Å². The summed E-state index contributed by atoms with van der Waals surface area (Å²) in [5.41, 5.74) is -0.504. The van der Waals surface area contributed by atoms with E-state index in [0.29, 0.717) is 32.1 Å². The summed E-state index contributed by atoms with van der Waals surface area (Å²) in [5.74, 6) is 0.525. The number of alkyl carbamates (subject to hydrolysis) is 1. The molecular formula is C15H23NO5. The van der Waals surface area contributed by atoms with Gasteiger partial charge in [-0.05, 0) is 32.9 Å². The molecule has 0 saturated heterocycles. The number of carbonyl (C=O) groups is 1. The van der Waals surface area contributed by atoms with Crippen molar-refractivity contribution in [1.29, 1.82) is 0 Å². The van der Waals surface area contributed by atoms with Gasteiger partial charge in [0.25, 0.3) is 0 Å². The molecule has 0 aromatic heterocycles. The molecule has 118 valence electrons. The van der Waals surface area contributed by atoms with E-state index in [-0.39, 0.29) is 5.75 Å². The molecule has 0 aliphatic rings. The molecule has 21 heavy (non-hydrogen) atoms. The molecule has 1 amide bonds. The smallest absolute Gasteiger partial charge is 0.407 e. The van der Waals surface area contributed by atoms with E-state index in [0.717, 1.165) is 0 Å². The van der Waals surface area contributed by atoms with Gasteiger partial charge >= 0.3 is 6.09 Å². The van der Waals surface area contributed by atoms with Crippen molar-refractivity contribution < 1.29 is 24.1 Å². The predicted molar refractivity (Wildman–Crippen MR) is 78.7 cm³/mol. The zero-order valence-corrected chi connectivity index (χ0v) is 12.7. The van der Waals surface area contributed by atoms with E-state index < -0.39 is 11.7 Å². The van der Waals surface area contributed by atoms with E-state index in [1.54, 1.807) is 45.0 Å². The van der Waals surface area contributed by atoms with Crippen LogP contribution in [0.15, 0.2) is 24.3 Å². The summed E-state index contributed by atoms with van der Waals surface area (Å²) in [6, 6.07) is 6.74. The number of para-hydroxylation sites is 2. The van der Waals surface area contributed by atoms with Crippen LogP contribution in [0.5, 0.6) is 11.5 Å². The molecular weight excluding hydrogens is 274 g/mol. The molecule has 0 atom stereocenters. The Morgan fingerprint density at radius 1 is 1.19 bits per heavy atom. The van der Waals surface area contributed by atoms with Crippen molar-refractivity contribution in [3.05, 3.63) is 24.3 Å². The lowest BCUT2D eigenvalue weighted by molar-refractivity contribution is 0.0488. The van der Waals surface area contributed by atoms with Gasteiger partial charge in [0.15, 0.2) is 11.5 Å². The van der Waals surface area contributed by atoms with E-state index in [9.17, 15) is 9.90 Å². The number of phenols is 1. The van der Waals surface area contributed by atoms with Crippen LogP contribution >= 0.6 is 0 Å². The van der Waals surface area contributed by atoms with Gasteiger partial charge in [-0.15, -0.1) is 0 Å². The van der Waals surface area contributed by atoms with Crippen LogP contribution in [0.2, 0.25) is 0 Å². The molecule has 0 radical (unpaired) electrons. The number of ether oxygens (including phenoxy) is 3. The van der Waals surface area contributed by atoms with Crippen molar-refractivity contribution in [2.45, 2.75) is 26.4 Å². The maximum atomic E-state index is 11.3. The summed E-state index contributed by atoms with van der Waals surface area (Å²) >= 11 is 0. The molecule has 1 aromatic carbocycles. The Bertz CT molecular complexity index is 442. The van der Waals surface area contributed by atoms with Crippen molar-refractivity contribution >= 4 is 6.09 Å². The van der Waals surface area contributed by atoms with Gasteiger partial charge in [-0.2, -0.15) is 0 Å². The third-order valence-corrected chi connectivity index (χ3v) is 2.27. The molecule has 0 saturated carbocycles. The molecule has 0 aliphatic carbocycles. The molecule has 6 heteroatoms. The largest absolute Gasteiger partial charge is 0.504 e. The molecule has 1 rings (SSSR count). The van der Waals surface area contributed by atoms with Gasteiger partial charge < -0.3 is 24.6 Å². The van der Waals surface area contributed by atoms with E-state index in [1.807, 2.05) is 0 Å². The molecule has 6 nitrogen and oxygen atoms in total. The van der Waals surface area contributed by atoms with Gasteiger partial charge in [0.1, 0.15) is 12.2 Å². The number of hydrogen-bond acceptors (Lipinski definition) is 5. The lowest BCUT2D eigenvalue weighted by Gasteiger charge is -2.19. The predicted octanol–water partition coefficient (Wildman–Crippen LogP) is 2.31. The van der Waals surface area contributed by atoms with Crippen molar-refractivity contribution in [2.24, 2.45) is 0 Å². The molecule has 1 aromatic rings. The Hall–Kier alpha value is -1.95. The number of benzene rings is 1. The summed E-state index contributed by atoms with van der Waals surface area (Å²) in [6.07, 6.45) is -0.462. The Balaban J connectivity index is 2.03. The highest BCUT2D eigenvalue weighted by atomic mass is 16.6. The first-order valence-corrected chi connectivity index (χ1v) is 6.84. The van der Waals surface area contributed by atoms with E-state index >= 15 is 0 Å². The first-order chi connectivity index (χ1) is 9.88. The second-order valence-electron chi connectivity index (χ2n) is 5.36. The first-order valence-electron chi connectivity index (χ1n) is 6.84.